The third-order valence-electron chi connectivity index (χ3n) is 2.12. The number of rotatable bonds is 2. The molecule has 0 N–H and O–H groups in total. The van der Waals surface area contributed by atoms with Crippen LogP contribution in [0.2, 0.25) is 0 Å². The van der Waals surface area contributed by atoms with E-state index in [9.17, 15) is 4.21 Å². The predicted octanol–water partition coefficient (Wildman–Crippen LogP) is 2.18. The average molecular weight is 210 g/mol. The second kappa shape index (κ2) is 5.83. The van der Waals surface area contributed by atoms with Crippen LogP contribution in [0.25, 0.3) is 0 Å². The lowest BCUT2D eigenvalue weighted by Gasteiger charge is -2.03. The Balaban J connectivity index is 0.000000146. The van der Waals surface area contributed by atoms with E-state index < -0.39 is 0 Å². The summed E-state index contributed by atoms with van der Waals surface area (Å²) in [7, 11) is 4.27. The van der Waals surface area contributed by atoms with Gasteiger partial charge in [0.15, 0.2) is 0 Å². The van der Waals surface area contributed by atoms with Crippen LogP contribution in [0.5, 0.6) is 0 Å². The maximum Gasteiger partial charge on any atom is 0.505 e. The van der Waals surface area contributed by atoms with Gasteiger partial charge in [-0.3, -0.25) is 0 Å². The van der Waals surface area contributed by atoms with Crippen LogP contribution >= 0.6 is 0 Å². The summed E-state index contributed by atoms with van der Waals surface area (Å²) in [6.07, 6.45) is 2.85. The minimum absolute atomic E-state index is 0.519. The fourth-order valence-corrected chi connectivity index (χ4v) is 1.34. The van der Waals surface area contributed by atoms with Gasteiger partial charge in [-0.2, -0.15) is 0 Å². The van der Waals surface area contributed by atoms with Crippen molar-refractivity contribution in [1.82, 2.24) is 4.90 Å². The molecule has 0 bridgehead atoms. The van der Waals surface area contributed by atoms with Crippen LogP contribution < -0.4 is 0 Å². The Morgan fingerprint density at radius 3 is 2.00 bits per heavy atom. The van der Waals surface area contributed by atoms with Crippen molar-refractivity contribution in [1.29, 1.82) is 0 Å². The highest BCUT2D eigenvalue weighted by Gasteiger charge is 2.22. The minimum Gasteiger partial charge on any atom is -0.306 e. The van der Waals surface area contributed by atoms with E-state index in [0.717, 1.165) is 10.9 Å². The number of benzene rings is 1. The summed E-state index contributed by atoms with van der Waals surface area (Å²) in [6.45, 7) is 0. The molecule has 3 heteroatoms. The summed E-state index contributed by atoms with van der Waals surface area (Å²) in [5, 5.41) is 0. The van der Waals surface area contributed by atoms with E-state index in [1.54, 1.807) is 12.1 Å². The number of hydrogen-bond acceptors (Lipinski definition) is 2. The van der Waals surface area contributed by atoms with Crippen LogP contribution in [0.4, 0.5) is 0 Å². The molecule has 0 aromatic heterocycles. The fourth-order valence-electron chi connectivity index (χ4n) is 1.07. The third-order valence-corrected chi connectivity index (χ3v) is 2.58. The van der Waals surface area contributed by atoms with Gasteiger partial charge in [0.1, 0.15) is 0 Å². The van der Waals surface area contributed by atoms with Crippen molar-refractivity contribution in [2.75, 3.05) is 14.1 Å². The molecule has 0 atom stereocenters. The molecule has 0 radical (unpaired) electrons. The molecule has 1 fully saturated rings. The molecule has 0 spiro atoms. The van der Waals surface area contributed by atoms with Crippen LogP contribution in [0.1, 0.15) is 12.8 Å². The smallest absolute Gasteiger partial charge is 0.306 e. The van der Waals surface area contributed by atoms with Gasteiger partial charge in [-0.05, 0) is 26.9 Å². The van der Waals surface area contributed by atoms with Crippen molar-refractivity contribution in [3.8, 4) is 0 Å². The zero-order chi connectivity index (χ0) is 10.4. The molecule has 76 valence electrons. The summed E-state index contributed by atoms with van der Waals surface area (Å²) in [5.41, 5.74) is 0. The second-order valence-electron chi connectivity index (χ2n) is 3.59. The Hall–Kier alpha value is -0.800. The summed E-state index contributed by atoms with van der Waals surface area (Å²) in [6, 6.07) is 10.1. The molecule has 2 nitrogen and oxygen atoms in total. The van der Waals surface area contributed by atoms with Crippen molar-refractivity contribution < 1.29 is 4.21 Å². The molecule has 1 aromatic carbocycles. The SMILES string of the molecule is CN(C)C1CC1.O=[S+]c1ccccc1. The van der Waals surface area contributed by atoms with Gasteiger partial charge < -0.3 is 4.90 Å². The number of hydrogen-bond donors (Lipinski definition) is 0. The van der Waals surface area contributed by atoms with Gasteiger partial charge in [0, 0.05) is 22.4 Å². The van der Waals surface area contributed by atoms with Gasteiger partial charge in [0.05, 0.1) is 0 Å². The highest BCUT2D eigenvalue weighted by Crippen LogP contribution is 2.23. The van der Waals surface area contributed by atoms with Crippen LogP contribution in [0.15, 0.2) is 35.2 Å². The molecule has 0 saturated heterocycles. The maximum absolute atomic E-state index is 10.0. The molecule has 0 amide bonds. The van der Waals surface area contributed by atoms with Gasteiger partial charge in [0.2, 0.25) is 0 Å². The van der Waals surface area contributed by atoms with Gasteiger partial charge in [-0.15, -0.1) is 0 Å². The molecule has 1 aromatic rings. The first-order chi connectivity index (χ1) is 6.74. The van der Waals surface area contributed by atoms with Crippen molar-refractivity contribution in [2.45, 2.75) is 23.8 Å². The van der Waals surface area contributed by atoms with Crippen molar-refractivity contribution in [2.24, 2.45) is 0 Å². The van der Waals surface area contributed by atoms with Crippen molar-refractivity contribution in [3.05, 3.63) is 30.3 Å². The Bertz CT molecular complexity index is 270. The standard InChI is InChI=1S/C6H5OS.C5H11N/c7-8-6-4-2-1-3-5-6;1-6(2)5-3-4-5/h1-5H;5H,3-4H2,1-2H3/q+1;. The first-order valence-electron chi connectivity index (χ1n) is 4.75. The van der Waals surface area contributed by atoms with Gasteiger partial charge in [-0.25, -0.2) is 0 Å². The van der Waals surface area contributed by atoms with E-state index in [-0.39, 0.29) is 0 Å². The molecule has 2 rings (SSSR count). The van der Waals surface area contributed by atoms with Crippen LogP contribution in [0, 0.1) is 0 Å². The first kappa shape index (κ1) is 11.3. The molecule has 1 saturated carbocycles. The Morgan fingerprint density at radius 2 is 1.79 bits per heavy atom. The van der Waals surface area contributed by atoms with E-state index in [1.807, 2.05) is 18.2 Å². The van der Waals surface area contributed by atoms with Crippen LogP contribution in [-0.2, 0) is 15.9 Å². The first-order valence-corrected chi connectivity index (χ1v) is 5.49. The van der Waals surface area contributed by atoms with E-state index in [0.29, 0.717) is 11.7 Å². The van der Waals surface area contributed by atoms with E-state index in [1.165, 1.54) is 12.8 Å². The van der Waals surface area contributed by atoms with Gasteiger partial charge in [0.25, 0.3) is 4.90 Å². The van der Waals surface area contributed by atoms with Crippen molar-refractivity contribution in [3.63, 3.8) is 0 Å². The molecule has 0 unspecified atom stereocenters. The third kappa shape index (κ3) is 4.44. The summed E-state index contributed by atoms with van der Waals surface area (Å²) >= 11 is 0.519. The predicted molar refractivity (Wildman–Crippen MR) is 59.5 cm³/mol. The second-order valence-corrected chi connectivity index (χ2v) is 4.23. The Kier molecular flexibility index (Phi) is 4.70. The molecule has 14 heavy (non-hydrogen) atoms. The minimum atomic E-state index is 0.519. The maximum atomic E-state index is 10.0. The lowest BCUT2D eigenvalue weighted by molar-refractivity contribution is 0.399. The summed E-state index contributed by atoms with van der Waals surface area (Å²) in [5.74, 6) is 0. The molecular formula is C11H16NOS+. The van der Waals surface area contributed by atoms with E-state index in [2.05, 4.69) is 19.0 Å². The Morgan fingerprint density at radius 1 is 1.21 bits per heavy atom. The molecular weight excluding hydrogens is 194 g/mol. The normalized spacial score (nSPS) is 14.5. The number of nitrogens with zero attached hydrogens (tertiary/aromatic N) is 1. The molecule has 1 aliphatic carbocycles. The summed E-state index contributed by atoms with van der Waals surface area (Å²) < 4.78 is 10.0. The van der Waals surface area contributed by atoms with E-state index >= 15 is 0 Å². The zero-order valence-corrected chi connectivity index (χ0v) is 9.46. The highest BCUT2D eigenvalue weighted by atomic mass is 32.1. The Labute approximate surface area is 89.4 Å². The average Bonchev–Trinajstić information content (AvgIpc) is 3.03. The van der Waals surface area contributed by atoms with Crippen LogP contribution in [-0.4, -0.2) is 25.0 Å². The zero-order valence-electron chi connectivity index (χ0n) is 8.64. The van der Waals surface area contributed by atoms with E-state index in [4.69, 9.17) is 0 Å². The highest BCUT2D eigenvalue weighted by molar-refractivity contribution is 7.65. The van der Waals surface area contributed by atoms with Gasteiger partial charge >= 0.3 is 11.7 Å². The largest absolute Gasteiger partial charge is 0.505 e. The topological polar surface area (TPSA) is 20.3 Å². The monoisotopic (exact) mass is 210 g/mol. The molecule has 0 heterocycles. The van der Waals surface area contributed by atoms with Gasteiger partial charge in [-0.1, -0.05) is 18.2 Å². The lowest BCUT2D eigenvalue weighted by atomic mass is 10.4. The molecule has 0 aliphatic heterocycles. The van der Waals surface area contributed by atoms with Crippen molar-refractivity contribution >= 4 is 11.7 Å². The van der Waals surface area contributed by atoms with Crippen LogP contribution in [0.3, 0.4) is 0 Å². The lowest BCUT2D eigenvalue weighted by Crippen LogP contribution is -2.12. The summed E-state index contributed by atoms with van der Waals surface area (Å²) in [4.78, 5) is 3.05. The fraction of sp³-hybridized carbons (Fsp3) is 0.455. The quantitative estimate of drug-likeness (QED) is 0.697. The molecule has 1 aliphatic rings.